The number of rotatable bonds is 3. The Bertz CT molecular complexity index is 638. The lowest BCUT2D eigenvalue weighted by Gasteiger charge is -2.26. The third-order valence-electron chi connectivity index (χ3n) is 3.48. The first kappa shape index (κ1) is 13.5. The van der Waals surface area contributed by atoms with E-state index in [0.717, 1.165) is 24.3 Å². The standard InChI is InChI=1S/C15H18N4O2/c1-2-19-10-11(9-16-19)17-15(20)18-13-7-8-21-14-6-4-3-5-12(13)14/h3-6,9-10,13H,2,7-8H2,1H3,(H2,17,18,20)/t13-/m1/s1. The van der Waals surface area contributed by atoms with Crippen LogP contribution in [0.25, 0.3) is 0 Å². The van der Waals surface area contributed by atoms with Crippen LogP contribution >= 0.6 is 0 Å². The highest BCUT2D eigenvalue weighted by molar-refractivity contribution is 5.89. The molecule has 0 aliphatic carbocycles. The number of benzene rings is 1. The Hall–Kier alpha value is -2.50. The van der Waals surface area contributed by atoms with Gasteiger partial charge in [-0.2, -0.15) is 5.10 Å². The van der Waals surface area contributed by atoms with Gasteiger partial charge in [0.15, 0.2) is 0 Å². The average Bonchev–Trinajstić information content (AvgIpc) is 2.95. The largest absolute Gasteiger partial charge is 0.493 e. The topological polar surface area (TPSA) is 68.2 Å². The van der Waals surface area contributed by atoms with Gasteiger partial charge in [0, 0.05) is 24.7 Å². The van der Waals surface area contributed by atoms with Gasteiger partial charge < -0.3 is 15.4 Å². The molecule has 1 aromatic carbocycles. The first-order valence-corrected chi connectivity index (χ1v) is 7.08. The van der Waals surface area contributed by atoms with Crippen molar-refractivity contribution in [3.63, 3.8) is 0 Å². The molecule has 1 aromatic heterocycles. The second-order valence-electron chi connectivity index (χ2n) is 4.91. The van der Waals surface area contributed by atoms with Crippen molar-refractivity contribution in [2.45, 2.75) is 25.9 Å². The normalized spacial score (nSPS) is 16.7. The van der Waals surface area contributed by atoms with Crippen LogP contribution in [0.15, 0.2) is 36.7 Å². The highest BCUT2D eigenvalue weighted by atomic mass is 16.5. The molecule has 1 aliphatic heterocycles. The van der Waals surface area contributed by atoms with Gasteiger partial charge in [-0.1, -0.05) is 18.2 Å². The number of hydrogen-bond acceptors (Lipinski definition) is 3. The number of carbonyl (C=O) groups excluding carboxylic acids is 1. The molecule has 0 fully saturated rings. The maximum atomic E-state index is 12.1. The molecule has 0 bridgehead atoms. The molecule has 2 amide bonds. The number of fused-ring (bicyclic) bond motifs is 1. The van der Waals surface area contributed by atoms with Crippen LogP contribution in [0.5, 0.6) is 5.75 Å². The van der Waals surface area contributed by atoms with Crippen LogP contribution in [0.3, 0.4) is 0 Å². The van der Waals surface area contributed by atoms with Crippen LogP contribution in [0, 0.1) is 0 Å². The van der Waals surface area contributed by atoms with E-state index in [1.165, 1.54) is 0 Å². The average molecular weight is 286 g/mol. The van der Waals surface area contributed by atoms with Gasteiger partial charge in [-0.25, -0.2) is 4.79 Å². The van der Waals surface area contributed by atoms with Crippen molar-refractivity contribution in [3.05, 3.63) is 42.2 Å². The summed E-state index contributed by atoms with van der Waals surface area (Å²) in [6.07, 6.45) is 4.21. The number of carbonyl (C=O) groups is 1. The van der Waals surface area contributed by atoms with Crippen molar-refractivity contribution >= 4 is 11.7 Å². The molecule has 0 saturated carbocycles. The summed E-state index contributed by atoms with van der Waals surface area (Å²) in [5.41, 5.74) is 1.71. The summed E-state index contributed by atoms with van der Waals surface area (Å²) < 4.78 is 7.35. The summed E-state index contributed by atoms with van der Waals surface area (Å²) >= 11 is 0. The Kier molecular flexibility index (Phi) is 3.77. The molecule has 0 unspecified atom stereocenters. The molecule has 2 heterocycles. The molecule has 0 saturated heterocycles. The van der Waals surface area contributed by atoms with E-state index in [1.807, 2.05) is 31.2 Å². The summed E-state index contributed by atoms with van der Waals surface area (Å²) in [5, 5.41) is 9.91. The zero-order chi connectivity index (χ0) is 14.7. The van der Waals surface area contributed by atoms with E-state index in [4.69, 9.17) is 4.74 Å². The lowest BCUT2D eigenvalue weighted by atomic mass is 10.0. The van der Waals surface area contributed by atoms with Gasteiger partial charge in [0.25, 0.3) is 0 Å². The van der Waals surface area contributed by atoms with Crippen LogP contribution < -0.4 is 15.4 Å². The molecule has 0 spiro atoms. The Labute approximate surface area is 123 Å². The highest BCUT2D eigenvalue weighted by Gasteiger charge is 2.22. The van der Waals surface area contributed by atoms with Crippen LogP contribution in [0.2, 0.25) is 0 Å². The second kappa shape index (κ2) is 5.87. The van der Waals surface area contributed by atoms with E-state index in [0.29, 0.717) is 12.3 Å². The van der Waals surface area contributed by atoms with Crippen molar-refractivity contribution in [2.75, 3.05) is 11.9 Å². The number of nitrogens with zero attached hydrogens (tertiary/aromatic N) is 2. The third-order valence-corrected chi connectivity index (χ3v) is 3.48. The van der Waals surface area contributed by atoms with Gasteiger partial charge in [-0.05, 0) is 13.0 Å². The van der Waals surface area contributed by atoms with E-state index in [-0.39, 0.29) is 12.1 Å². The third kappa shape index (κ3) is 2.99. The minimum Gasteiger partial charge on any atom is -0.493 e. The van der Waals surface area contributed by atoms with Crippen LogP contribution in [0.1, 0.15) is 24.9 Å². The number of amides is 2. The number of hydrogen-bond donors (Lipinski definition) is 2. The zero-order valence-corrected chi connectivity index (χ0v) is 11.9. The Morgan fingerprint density at radius 2 is 2.33 bits per heavy atom. The smallest absolute Gasteiger partial charge is 0.319 e. The Morgan fingerprint density at radius 1 is 1.48 bits per heavy atom. The van der Waals surface area contributed by atoms with Crippen molar-refractivity contribution in [3.8, 4) is 5.75 Å². The number of urea groups is 1. The molecular formula is C15H18N4O2. The van der Waals surface area contributed by atoms with E-state index in [1.54, 1.807) is 17.1 Å². The van der Waals surface area contributed by atoms with Gasteiger partial charge in [-0.15, -0.1) is 0 Å². The van der Waals surface area contributed by atoms with E-state index >= 15 is 0 Å². The van der Waals surface area contributed by atoms with Gasteiger partial charge >= 0.3 is 6.03 Å². The lowest BCUT2D eigenvalue weighted by molar-refractivity contribution is 0.232. The summed E-state index contributed by atoms with van der Waals surface area (Å²) in [5.74, 6) is 0.841. The molecule has 21 heavy (non-hydrogen) atoms. The minimum atomic E-state index is -0.229. The Morgan fingerprint density at radius 3 is 3.14 bits per heavy atom. The van der Waals surface area contributed by atoms with Crippen molar-refractivity contribution in [1.29, 1.82) is 0 Å². The van der Waals surface area contributed by atoms with E-state index < -0.39 is 0 Å². The molecule has 3 rings (SSSR count). The molecule has 2 aromatic rings. The van der Waals surface area contributed by atoms with Gasteiger partial charge in [0.2, 0.25) is 0 Å². The lowest BCUT2D eigenvalue weighted by Crippen LogP contribution is -2.35. The predicted molar refractivity (Wildman–Crippen MR) is 79.4 cm³/mol. The van der Waals surface area contributed by atoms with Crippen molar-refractivity contribution in [1.82, 2.24) is 15.1 Å². The molecule has 1 aliphatic rings. The fourth-order valence-electron chi connectivity index (χ4n) is 2.42. The Balaban J connectivity index is 1.65. The van der Waals surface area contributed by atoms with Crippen LogP contribution in [-0.4, -0.2) is 22.4 Å². The fraction of sp³-hybridized carbons (Fsp3) is 0.333. The van der Waals surface area contributed by atoms with Crippen LogP contribution in [-0.2, 0) is 6.54 Å². The summed E-state index contributed by atoms with van der Waals surface area (Å²) in [6.45, 7) is 3.38. The number of ether oxygens (including phenoxy) is 1. The molecule has 110 valence electrons. The van der Waals surface area contributed by atoms with Crippen LogP contribution in [0.4, 0.5) is 10.5 Å². The molecule has 6 heteroatoms. The first-order chi connectivity index (χ1) is 10.3. The van der Waals surface area contributed by atoms with Crippen molar-refractivity contribution < 1.29 is 9.53 Å². The van der Waals surface area contributed by atoms with E-state index in [9.17, 15) is 4.79 Å². The number of para-hydroxylation sites is 1. The highest BCUT2D eigenvalue weighted by Crippen LogP contribution is 2.31. The van der Waals surface area contributed by atoms with Gasteiger partial charge in [0.05, 0.1) is 24.5 Å². The predicted octanol–water partition coefficient (Wildman–Crippen LogP) is 2.55. The number of anilines is 1. The number of aryl methyl sites for hydroxylation is 1. The quantitative estimate of drug-likeness (QED) is 0.911. The SMILES string of the molecule is CCn1cc(NC(=O)N[C@@H]2CCOc3ccccc32)cn1. The van der Waals surface area contributed by atoms with Gasteiger partial charge in [0.1, 0.15) is 5.75 Å². The summed E-state index contributed by atoms with van der Waals surface area (Å²) in [4.78, 5) is 12.1. The zero-order valence-electron chi connectivity index (χ0n) is 11.9. The summed E-state index contributed by atoms with van der Waals surface area (Å²) in [7, 11) is 0. The maximum absolute atomic E-state index is 12.1. The number of aromatic nitrogens is 2. The molecule has 2 N–H and O–H groups in total. The fourth-order valence-corrected chi connectivity index (χ4v) is 2.42. The van der Waals surface area contributed by atoms with E-state index in [2.05, 4.69) is 15.7 Å². The summed E-state index contributed by atoms with van der Waals surface area (Å²) in [6, 6.07) is 7.52. The molecule has 1 atom stereocenters. The minimum absolute atomic E-state index is 0.0313. The van der Waals surface area contributed by atoms with Crippen molar-refractivity contribution in [2.24, 2.45) is 0 Å². The first-order valence-electron chi connectivity index (χ1n) is 7.08. The molecular weight excluding hydrogens is 268 g/mol. The van der Waals surface area contributed by atoms with Gasteiger partial charge in [-0.3, -0.25) is 4.68 Å². The maximum Gasteiger partial charge on any atom is 0.319 e. The molecule has 6 nitrogen and oxygen atoms in total. The number of nitrogens with one attached hydrogen (secondary N) is 2. The second-order valence-corrected chi connectivity index (χ2v) is 4.91. The molecule has 0 radical (unpaired) electrons. The monoisotopic (exact) mass is 286 g/mol.